The number of carbonyl (C=O) groups excluding carboxylic acids is 2. The maximum Gasteiger partial charge on any atom is 0.308 e. The van der Waals surface area contributed by atoms with E-state index in [2.05, 4.69) is 5.32 Å². The molecule has 33 heavy (non-hydrogen) atoms. The Morgan fingerprint density at radius 2 is 1.64 bits per heavy atom. The maximum absolute atomic E-state index is 13.5. The highest BCUT2D eigenvalue weighted by Gasteiger charge is 2.32. The van der Waals surface area contributed by atoms with Crippen molar-refractivity contribution in [2.75, 3.05) is 18.5 Å². The minimum absolute atomic E-state index is 0.0956. The molecule has 3 rings (SSSR count). The van der Waals surface area contributed by atoms with Crippen LogP contribution in [0.2, 0.25) is 0 Å². The molecule has 1 fully saturated rings. The number of sulfonamides is 1. The molecule has 7 nitrogen and oxygen atoms in total. The van der Waals surface area contributed by atoms with Gasteiger partial charge in [-0.15, -0.1) is 0 Å². The summed E-state index contributed by atoms with van der Waals surface area (Å²) in [4.78, 5) is 23.6. The molecule has 1 N–H and O–H groups in total. The number of ether oxygens (including phenoxy) is 1. The Labute approximate surface area is 196 Å². The predicted molar refractivity (Wildman–Crippen MR) is 127 cm³/mol. The van der Waals surface area contributed by atoms with E-state index in [1.807, 2.05) is 12.1 Å². The predicted octanol–water partition coefficient (Wildman–Crippen LogP) is 4.21. The maximum atomic E-state index is 13.5. The van der Waals surface area contributed by atoms with Crippen LogP contribution in [0, 0.1) is 11.8 Å². The van der Waals surface area contributed by atoms with Gasteiger partial charge in [-0.3, -0.25) is 9.59 Å². The van der Waals surface area contributed by atoms with Crippen molar-refractivity contribution in [3.8, 4) is 0 Å². The molecule has 1 saturated carbocycles. The summed E-state index contributed by atoms with van der Waals surface area (Å²) in [5.41, 5.74) is 1.50. The molecule has 1 amide bonds. The zero-order valence-electron chi connectivity index (χ0n) is 19.2. The van der Waals surface area contributed by atoms with E-state index in [4.69, 9.17) is 4.74 Å². The van der Waals surface area contributed by atoms with Gasteiger partial charge in [0.05, 0.1) is 17.4 Å². The van der Waals surface area contributed by atoms with Crippen molar-refractivity contribution in [3.63, 3.8) is 0 Å². The number of nitrogens with one attached hydrogen (secondary N) is 1. The number of rotatable bonds is 9. The molecule has 8 heteroatoms. The van der Waals surface area contributed by atoms with Crippen LogP contribution in [0.4, 0.5) is 5.69 Å². The summed E-state index contributed by atoms with van der Waals surface area (Å²) in [5, 5.41) is 2.72. The minimum atomic E-state index is -3.69. The van der Waals surface area contributed by atoms with E-state index in [9.17, 15) is 18.0 Å². The SMILES string of the molecule is CCOC(=O)C1CCC(CN(Cc2ccc(NC(C)=O)cc2)S(=O)(=O)c2ccccc2)CC1. The molecule has 0 unspecified atom stereocenters. The van der Waals surface area contributed by atoms with Gasteiger partial charge in [0.25, 0.3) is 0 Å². The number of benzene rings is 2. The average molecular weight is 473 g/mol. The van der Waals surface area contributed by atoms with Crippen molar-refractivity contribution >= 4 is 27.6 Å². The Morgan fingerprint density at radius 3 is 2.21 bits per heavy atom. The van der Waals surface area contributed by atoms with Gasteiger partial charge >= 0.3 is 5.97 Å². The number of hydrogen-bond acceptors (Lipinski definition) is 5. The second-order valence-corrected chi connectivity index (χ2v) is 10.4. The fraction of sp³-hybridized carbons (Fsp3) is 0.440. The van der Waals surface area contributed by atoms with Crippen molar-refractivity contribution < 1.29 is 22.7 Å². The Bertz CT molecular complexity index is 1030. The highest BCUT2D eigenvalue weighted by Crippen LogP contribution is 2.32. The summed E-state index contributed by atoms with van der Waals surface area (Å²) >= 11 is 0. The monoisotopic (exact) mass is 472 g/mol. The number of hydrogen-bond donors (Lipinski definition) is 1. The molecule has 178 valence electrons. The lowest BCUT2D eigenvalue weighted by Gasteiger charge is -2.31. The second kappa shape index (κ2) is 11.4. The minimum Gasteiger partial charge on any atom is -0.466 e. The Morgan fingerprint density at radius 1 is 1.00 bits per heavy atom. The molecule has 0 saturated heterocycles. The number of nitrogens with zero attached hydrogens (tertiary/aromatic N) is 1. The van der Waals surface area contributed by atoms with Crippen molar-refractivity contribution in [2.45, 2.75) is 51.0 Å². The quantitative estimate of drug-likeness (QED) is 0.552. The van der Waals surface area contributed by atoms with Crippen molar-refractivity contribution in [2.24, 2.45) is 11.8 Å². The van der Waals surface area contributed by atoms with Crippen LogP contribution in [-0.2, 0) is 30.9 Å². The Kier molecular flexibility index (Phi) is 8.63. The van der Waals surface area contributed by atoms with Crippen molar-refractivity contribution in [1.82, 2.24) is 4.31 Å². The topological polar surface area (TPSA) is 92.8 Å². The van der Waals surface area contributed by atoms with E-state index in [1.54, 1.807) is 49.4 Å². The van der Waals surface area contributed by atoms with Gasteiger partial charge in [-0.25, -0.2) is 8.42 Å². The van der Waals surface area contributed by atoms with Gasteiger partial charge in [-0.2, -0.15) is 4.31 Å². The van der Waals surface area contributed by atoms with Gasteiger partial charge < -0.3 is 10.1 Å². The van der Waals surface area contributed by atoms with E-state index < -0.39 is 10.0 Å². The summed E-state index contributed by atoms with van der Waals surface area (Å²) in [7, 11) is -3.69. The first-order valence-corrected chi connectivity index (χ1v) is 12.8. The summed E-state index contributed by atoms with van der Waals surface area (Å²) < 4.78 is 33.6. The molecule has 2 aromatic carbocycles. The van der Waals surface area contributed by atoms with Crippen molar-refractivity contribution in [1.29, 1.82) is 0 Å². The van der Waals surface area contributed by atoms with Crippen LogP contribution >= 0.6 is 0 Å². The lowest BCUT2D eigenvalue weighted by atomic mass is 9.82. The van der Waals surface area contributed by atoms with E-state index >= 15 is 0 Å². The van der Waals surface area contributed by atoms with E-state index in [-0.39, 0.29) is 35.2 Å². The summed E-state index contributed by atoms with van der Waals surface area (Å²) in [6, 6.07) is 15.7. The number of amides is 1. The van der Waals surface area contributed by atoms with Crippen LogP contribution in [0.25, 0.3) is 0 Å². The zero-order chi connectivity index (χ0) is 23.8. The molecule has 0 spiro atoms. The molecular formula is C25H32N2O5S. The first kappa shape index (κ1) is 24.9. The lowest BCUT2D eigenvalue weighted by molar-refractivity contribution is -0.149. The van der Waals surface area contributed by atoms with Gasteiger partial charge in [0.1, 0.15) is 0 Å². The van der Waals surface area contributed by atoms with Crippen LogP contribution in [0.5, 0.6) is 0 Å². The summed E-state index contributed by atoms with van der Waals surface area (Å²) in [6.07, 6.45) is 3.00. The van der Waals surface area contributed by atoms with E-state index in [1.165, 1.54) is 11.2 Å². The second-order valence-electron chi connectivity index (χ2n) is 8.46. The molecule has 0 atom stereocenters. The van der Waals surface area contributed by atoms with E-state index in [0.29, 0.717) is 31.7 Å². The number of anilines is 1. The van der Waals surface area contributed by atoms with Crippen molar-refractivity contribution in [3.05, 3.63) is 60.2 Å². The largest absolute Gasteiger partial charge is 0.466 e. The molecular weight excluding hydrogens is 440 g/mol. The van der Waals surface area contributed by atoms with Crippen LogP contribution in [0.1, 0.15) is 45.1 Å². The number of carbonyl (C=O) groups is 2. The average Bonchev–Trinajstić information content (AvgIpc) is 2.80. The molecule has 0 heterocycles. The first-order valence-electron chi connectivity index (χ1n) is 11.4. The highest BCUT2D eigenvalue weighted by molar-refractivity contribution is 7.89. The first-order chi connectivity index (χ1) is 15.8. The molecule has 1 aliphatic carbocycles. The van der Waals surface area contributed by atoms with Gasteiger partial charge in [0.2, 0.25) is 15.9 Å². The standard InChI is InChI=1S/C25H32N2O5S/c1-3-32-25(29)22-13-9-20(10-14-22)17-27(33(30,31)24-7-5-4-6-8-24)18-21-11-15-23(16-12-21)26-19(2)28/h4-8,11-12,15-16,20,22H,3,9-10,13-14,17-18H2,1-2H3,(H,26,28). The highest BCUT2D eigenvalue weighted by atomic mass is 32.2. The van der Waals surface area contributed by atoms with Crippen LogP contribution in [0.15, 0.2) is 59.5 Å². The molecule has 1 aliphatic rings. The van der Waals surface area contributed by atoms with Crippen LogP contribution in [-0.4, -0.2) is 37.8 Å². The Hall–Kier alpha value is -2.71. The third-order valence-corrected chi connectivity index (χ3v) is 7.77. The lowest BCUT2D eigenvalue weighted by Crippen LogP contribution is -2.37. The summed E-state index contributed by atoms with van der Waals surface area (Å²) in [5.74, 6) is -0.229. The van der Waals surface area contributed by atoms with Gasteiger partial charge in [0, 0.05) is 25.7 Å². The Balaban J connectivity index is 1.75. The summed E-state index contributed by atoms with van der Waals surface area (Å²) in [6.45, 7) is 4.25. The van der Waals surface area contributed by atoms with Gasteiger partial charge in [0.15, 0.2) is 0 Å². The smallest absolute Gasteiger partial charge is 0.308 e. The van der Waals surface area contributed by atoms with E-state index in [0.717, 1.165) is 18.4 Å². The fourth-order valence-electron chi connectivity index (χ4n) is 4.22. The number of esters is 1. The molecule has 0 radical (unpaired) electrons. The normalized spacial score (nSPS) is 18.6. The third-order valence-electron chi connectivity index (χ3n) is 5.94. The van der Waals surface area contributed by atoms with Gasteiger partial charge in [-0.1, -0.05) is 30.3 Å². The van der Waals surface area contributed by atoms with Gasteiger partial charge in [-0.05, 0) is 68.4 Å². The van der Waals surface area contributed by atoms with Crippen LogP contribution in [0.3, 0.4) is 0 Å². The molecule has 2 aromatic rings. The molecule has 0 bridgehead atoms. The molecule has 0 aromatic heterocycles. The molecule has 0 aliphatic heterocycles. The van der Waals surface area contributed by atoms with Crippen LogP contribution < -0.4 is 5.32 Å². The zero-order valence-corrected chi connectivity index (χ0v) is 20.0. The fourth-order valence-corrected chi connectivity index (χ4v) is 5.74. The third kappa shape index (κ3) is 6.88.